The predicted molar refractivity (Wildman–Crippen MR) is 115 cm³/mol. The lowest BCUT2D eigenvalue weighted by Crippen LogP contribution is -2.24. The van der Waals surface area contributed by atoms with Gasteiger partial charge >= 0.3 is 5.97 Å². The van der Waals surface area contributed by atoms with Crippen molar-refractivity contribution in [2.75, 3.05) is 11.9 Å². The highest BCUT2D eigenvalue weighted by molar-refractivity contribution is 5.94. The van der Waals surface area contributed by atoms with Crippen molar-refractivity contribution in [3.8, 4) is 0 Å². The Balaban J connectivity index is 1.59. The zero-order valence-electron chi connectivity index (χ0n) is 16.5. The Bertz CT molecular complexity index is 939. The molecule has 4 nitrogen and oxygen atoms in total. The number of benzene rings is 3. The number of esters is 1. The third-order valence-corrected chi connectivity index (χ3v) is 4.77. The van der Waals surface area contributed by atoms with Gasteiger partial charge in [-0.05, 0) is 35.6 Å². The number of nitrogens with one attached hydrogen (secondary N) is 1. The van der Waals surface area contributed by atoms with Gasteiger partial charge in [0.15, 0.2) is 6.61 Å². The third kappa shape index (κ3) is 5.79. The molecule has 3 rings (SSSR count). The van der Waals surface area contributed by atoms with E-state index in [9.17, 15) is 9.59 Å². The first kappa shape index (κ1) is 20.3. The number of anilines is 1. The molecule has 0 saturated carbocycles. The van der Waals surface area contributed by atoms with E-state index >= 15 is 0 Å². The lowest BCUT2D eigenvalue weighted by Gasteiger charge is -2.15. The standard InChI is InChI=1S/C25H25NO3/c1-2-22(20-13-7-4-8-14-20)25(28)29-18-24(27)26-23-16-10-9-15-21(23)17-19-11-5-3-6-12-19/h3-16,22H,2,17-18H2,1H3,(H,26,27)/t22-/m0/s1. The summed E-state index contributed by atoms with van der Waals surface area (Å²) in [6.45, 7) is 1.63. The van der Waals surface area contributed by atoms with Crippen LogP contribution in [0, 0.1) is 0 Å². The molecule has 1 atom stereocenters. The van der Waals surface area contributed by atoms with Gasteiger partial charge in [-0.3, -0.25) is 9.59 Å². The summed E-state index contributed by atoms with van der Waals surface area (Å²) in [4.78, 5) is 24.8. The van der Waals surface area contributed by atoms with Crippen LogP contribution in [-0.4, -0.2) is 18.5 Å². The van der Waals surface area contributed by atoms with Crippen molar-refractivity contribution < 1.29 is 14.3 Å². The second kappa shape index (κ2) is 10.2. The Morgan fingerprint density at radius 3 is 2.17 bits per heavy atom. The Morgan fingerprint density at radius 2 is 1.48 bits per heavy atom. The van der Waals surface area contributed by atoms with E-state index < -0.39 is 0 Å². The molecule has 3 aromatic carbocycles. The molecule has 1 N–H and O–H groups in total. The zero-order chi connectivity index (χ0) is 20.5. The molecule has 0 fully saturated rings. The average molecular weight is 387 g/mol. The fourth-order valence-electron chi connectivity index (χ4n) is 3.26. The van der Waals surface area contributed by atoms with E-state index in [-0.39, 0.29) is 24.4 Å². The van der Waals surface area contributed by atoms with E-state index in [1.54, 1.807) is 0 Å². The van der Waals surface area contributed by atoms with Crippen LogP contribution >= 0.6 is 0 Å². The molecule has 148 valence electrons. The second-order valence-electron chi connectivity index (χ2n) is 6.85. The van der Waals surface area contributed by atoms with Crippen LogP contribution < -0.4 is 5.32 Å². The van der Waals surface area contributed by atoms with Gasteiger partial charge in [-0.2, -0.15) is 0 Å². The van der Waals surface area contributed by atoms with E-state index in [1.165, 1.54) is 0 Å². The molecule has 29 heavy (non-hydrogen) atoms. The van der Waals surface area contributed by atoms with E-state index in [2.05, 4.69) is 17.4 Å². The minimum absolute atomic E-state index is 0.304. The normalized spacial score (nSPS) is 11.5. The Hall–Kier alpha value is -3.40. The predicted octanol–water partition coefficient (Wildman–Crippen LogP) is 4.95. The van der Waals surface area contributed by atoms with Crippen LogP contribution in [0.4, 0.5) is 5.69 Å². The number of carbonyl (C=O) groups excluding carboxylic acids is 2. The first-order valence-corrected chi connectivity index (χ1v) is 9.80. The average Bonchev–Trinajstić information content (AvgIpc) is 2.76. The van der Waals surface area contributed by atoms with Crippen molar-refractivity contribution in [1.82, 2.24) is 0 Å². The van der Waals surface area contributed by atoms with Crippen molar-refractivity contribution in [2.24, 2.45) is 0 Å². The van der Waals surface area contributed by atoms with Crippen molar-refractivity contribution in [3.63, 3.8) is 0 Å². The second-order valence-corrected chi connectivity index (χ2v) is 6.85. The Labute approximate surface area is 171 Å². The molecule has 0 heterocycles. The molecule has 0 unspecified atom stereocenters. The molecule has 3 aromatic rings. The molecular formula is C25H25NO3. The van der Waals surface area contributed by atoms with Crippen LogP contribution in [0.3, 0.4) is 0 Å². The van der Waals surface area contributed by atoms with Gasteiger partial charge in [-0.1, -0.05) is 85.8 Å². The summed E-state index contributed by atoms with van der Waals surface area (Å²) >= 11 is 0. The van der Waals surface area contributed by atoms with Gasteiger partial charge < -0.3 is 10.1 Å². The molecule has 4 heteroatoms. The van der Waals surface area contributed by atoms with Crippen LogP contribution in [0.1, 0.15) is 36.0 Å². The number of rotatable bonds is 8. The van der Waals surface area contributed by atoms with Crippen LogP contribution in [0.5, 0.6) is 0 Å². The van der Waals surface area contributed by atoms with Crippen molar-refractivity contribution in [2.45, 2.75) is 25.7 Å². The largest absolute Gasteiger partial charge is 0.455 e. The molecule has 0 bridgehead atoms. The quantitative estimate of drug-likeness (QED) is 0.556. The van der Waals surface area contributed by atoms with Gasteiger partial charge in [0.1, 0.15) is 0 Å². The molecule has 0 aliphatic rings. The molecular weight excluding hydrogens is 362 g/mol. The summed E-state index contributed by atoms with van der Waals surface area (Å²) < 4.78 is 5.29. The molecule has 0 aliphatic carbocycles. The molecule has 0 radical (unpaired) electrons. The molecule has 0 saturated heterocycles. The first-order valence-electron chi connectivity index (χ1n) is 9.80. The van der Waals surface area contributed by atoms with Gasteiger partial charge in [-0.25, -0.2) is 0 Å². The zero-order valence-corrected chi connectivity index (χ0v) is 16.5. The first-order chi connectivity index (χ1) is 14.2. The Kier molecular flexibility index (Phi) is 7.17. The SMILES string of the molecule is CC[C@H](C(=O)OCC(=O)Nc1ccccc1Cc1ccccc1)c1ccccc1. The fourth-order valence-corrected chi connectivity index (χ4v) is 3.26. The van der Waals surface area contributed by atoms with Gasteiger partial charge in [0, 0.05) is 5.69 Å². The molecule has 1 amide bonds. The number of hydrogen-bond acceptors (Lipinski definition) is 3. The van der Waals surface area contributed by atoms with Gasteiger partial charge in [-0.15, -0.1) is 0 Å². The number of para-hydroxylation sites is 1. The number of hydrogen-bond donors (Lipinski definition) is 1. The number of carbonyl (C=O) groups is 2. The van der Waals surface area contributed by atoms with Crippen LogP contribution in [0.25, 0.3) is 0 Å². The lowest BCUT2D eigenvalue weighted by molar-refractivity contribution is -0.149. The summed E-state index contributed by atoms with van der Waals surface area (Å²) in [7, 11) is 0. The highest BCUT2D eigenvalue weighted by atomic mass is 16.5. The van der Waals surface area contributed by atoms with Gasteiger partial charge in [0.25, 0.3) is 5.91 Å². The summed E-state index contributed by atoms with van der Waals surface area (Å²) in [6.07, 6.45) is 1.33. The van der Waals surface area contributed by atoms with Crippen LogP contribution in [0.2, 0.25) is 0 Å². The maximum atomic E-state index is 12.4. The van der Waals surface area contributed by atoms with Crippen LogP contribution in [-0.2, 0) is 20.7 Å². The summed E-state index contributed by atoms with van der Waals surface area (Å²) in [5, 5.41) is 2.87. The molecule has 0 aromatic heterocycles. The Morgan fingerprint density at radius 1 is 0.862 bits per heavy atom. The summed E-state index contributed by atoms with van der Waals surface area (Å²) in [6, 6.07) is 27.2. The lowest BCUT2D eigenvalue weighted by atomic mass is 9.97. The maximum absolute atomic E-state index is 12.4. The number of amides is 1. The summed E-state index contributed by atoms with van der Waals surface area (Å²) in [5.41, 5.74) is 3.80. The van der Waals surface area contributed by atoms with Crippen molar-refractivity contribution in [1.29, 1.82) is 0 Å². The highest BCUT2D eigenvalue weighted by Gasteiger charge is 2.21. The topological polar surface area (TPSA) is 55.4 Å². The van der Waals surface area contributed by atoms with E-state index in [0.717, 1.165) is 22.4 Å². The molecule has 0 spiro atoms. The monoisotopic (exact) mass is 387 g/mol. The maximum Gasteiger partial charge on any atom is 0.313 e. The van der Waals surface area contributed by atoms with E-state index in [0.29, 0.717) is 12.8 Å². The minimum atomic E-state index is -0.383. The van der Waals surface area contributed by atoms with Crippen LogP contribution in [0.15, 0.2) is 84.9 Å². The third-order valence-electron chi connectivity index (χ3n) is 4.77. The van der Waals surface area contributed by atoms with Crippen molar-refractivity contribution >= 4 is 17.6 Å². The number of ether oxygens (including phenoxy) is 1. The van der Waals surface area contributed by atoms with Gasteiger partial charge in [0.2, 0.25) is 0 Å². The molecule has 0 aliphatic heterocycles. The highest BCUT2D eigenvalue weighted by Crippen LogP contribution is 2.21. The van der Waals surface area contributed by atoms with Gasteiger partial charge in [0.05, 0.1) is 5.92 Å². The fraction of sp³-hybridized carbons (Fsp3) is 0.200. The summed E-state index contributed by atoms with van der Waals surface area (Å²) in [5.74, 6) is -1.09. The smallest absolute Gasteiger partial charge is 0.313 e. The van der Waals surface area contributed by atoms with Crippen molar-refractivity contribution in [3.05, 3.63) is 102 Å². The minimum Gasteiger partial charge on any atom is -0.455 e. The van der Waals surface area contributed by atoms with E-state index in [4.69, 9.17) is 4.74 Å². The van der Waals surface area contributed by atoms with E-state index in [1.807, 2.05) is 79.7 Å².